The fourth-order valence-electron chi connectivity index (χ4n) is 2.60. The van der Waals surface area contributed by atoms with Crippen molar-refractivity contribution in [3.63, 3.8) is 0 Å². The van der Waals surface area contributed by atoms with Crippen molar-refractivity contribution in [3.05, 3.63) is 34.6 Å². The van der Waals surface area contributed by atoms with E-state index in [9.17, 15) is 4.39 Å². The van der Waals surface area contributed by atoms with Crippen molar-refractivity contribution in [1.82, 2.24) is 10.3 Å². The zero-order valence-electron chi connectivity index (χ0n) is 11.6. The van der Waals surface area contributed by atoms with E-state index in [4.69, 9.17) is 22.2 Å². The van der Waals surface area contributed by atoms with Gasteiger partial charge in [-0.05, 0) is 25.1 Å². The largest absolute Gasteiger partial charge is 0.374 e. The molecule has 2 unspecified atom stereocenters. The predicted octanol–water partition coefficient (Wildman–Crippen LogP) is 2.09. The van der Waals surface area contributed by atoms with Crippen molar-refractivity contribution in [1.29, 1.82) is 0 Å². The molecule has 1 heterocycles. The smallest absolute Gasteiger partial charge is 0.129 e. The third-order valence-corrected chi connectivity index (χ3v) is 3.80. The highest BCUT2D eigenvalue weighted by Crippen LogP contribution is 2.26. The van der Waals surface area contributed by atoms with Gasteiger partial charge in [0, 0.05) is 23.7 Å². The van der Waals surface area contributed by atoms with Gasteiger partial charge in [0.1, 0.15) is 5.82 Å². The number of rotatable bonds is 5. The van der Waals surface area contributed by atoms with Gasteiger partial charge in [-0.15, -0.1) is 0 Å². The second-order valence-corrected chi connectivity index (χ2v) is 5.46. The average molecular weight is 302 g/mol. The molecule has 1 aliphatic rings. The molecule has 0 aromatic heterocycles. The second kappa shape index (κ2) is 7.33. The van der Waals surface area contributed by atoms with E-state index in [1.54, 1.807) is 12.1 Å². The van der Waals surface area contributed by atoms with E-state index < -0.39 is 0 Å². The second-order valence-electron chi connectivity index (χ2n) is 5.02. The number of halogens is 2. The predicted molar refractivity (Wildman–Crippen MR) is 77.9 cm³/mol. The maximum atomic E-state index is 14.0. The Balaban J connectivity index is 2.14. The van der Waals surface area contributed by atoms with Gasteiger partial charge in [0.2, 0.25) is 0 Å². The zero-order chi connectivity index (χ0) is 14.5. The van der Waals surface area contributed by atoms with Gasteiger partial charge in [-0.2, -0.15) is 0 Å². The van der Waals surface area contributed by atoms with Crippen LogP contribution in [0.3, 0.4) is 0 Å². The van der Waals surface area contributed by atoms with E-state index in [-0.39, 0.29) is 18.0 Å². The molecule has 1 aromatic carbocycles. The Morgan fingerprint density at radius 2 is 2.40 bits per heavy atom. The number of nitrogens with zero attached hydrogens (tertiary/aromatic N) is 1. The number of hydrogen-bond acceptors (Lipinski definition) is 4. The van der Waals surface area contributed by atoms with E-state index in [2.05, 4.69) is 17.2 Å². The van der Waals surface area contributed by atoms with Crippen molar-refractivity contribution < 1.29 is 9.13 Å². The zero-order valence-corrected chi connectivity index (χ0v) is 12.4. The Morgan fingerprint density at radius 1 is 1.60 bits per heavy atom. The SMILES string of the molecule is CCCN1CCOC(C(NN)c2ccc(Cl)cc2F)C1. The average Bonchev–Trinajstić information content (AvgIpc) is 2.43. The van der Waals surface area contributed by atoms with Crippen LogP contribution in [0.15, 0.2) is 18.2 Å². The van der Waals surface area contributed by atoms with Crippen LogP contribution in [-0.2, 0) is 4.74 Å². The molecule has 0 saturated carbocycles. The Bertz CT molecular complexity index is 444. The van der Waals surface area contributed by atoms with Crippen LogP contribution >= 0.6 is 11.6 Å². The van der Waals surface area contributed by atoms with Crippen molar-refractivity contribution in [2.45, 2.75) is 25.5 Å². The molecular formula is C14H21ClFN3O. The molecule has 2 rings (SSSR count). The fourth-order valence-corrected chi connectivity index (χ4v) is 2.76. The summed E-state index contributed by atoms with van der Waals surface area (Å²) in [6, 6.07) is 4.24. The van der Waals surface area contributed by atoms with Crippen molar-refractivity contribution >= 4 is 11.6 Å². The third-order valence-electron chi connectivity index (χ3n) is 3.57. The summed E-state index contributed by atoms with van der Waals surface area (Å²) in [6.07, 6.45) is 0.916. The van der Waals surface area contributed by atoms with Gasteiger partial charge in [-0.3, -0.25) is 16.2 Å². The van der Waals surface area contributed by atoms with Crippen LogP contribution in [0.5, 0.6) is 0 Å². The number of hydrazine groups is 1. The number of nitrogens with two attached hydrogens (primary N) is 1. The topological polar surface area (TPSA) is 50.5 Å². The molecule has 20 heavy (non-hydrogen) atoms. The van der Waals surface area contributed by atoms with Crippen molar-refractivity contribution in [2.75, 3.05) is 26.2 Å². The first-order valence-electron chi connectivity index (χ1n) is 6.90. The summed E-state index contributed by atoms with van der Waals surface area (Å²) in [6.45, 7) is 5.44. The lowest BCUT2D eigenvalue weighted by Crippen LogP contribution is -2.49. The van der Waals surface area contributed by atoms with Gasteiger partial charge >= 0.3 is 0 Å². The minimum Gasteiger partial charge on any atom is -0.374 e. The molecule has 4 nitrogen and oxygen atoms in total. The van der Waals surface area contributed by atoms with Crippen molar-refractivity contribution in [3.8, 4) is 0 Å². The lowest BCUT2D eigenvalue weighted by molar-refractivity contribution is -0.0476. The number of hydrogen-bond donors (Lipinski definition) is 2. The molecule has 0 radical (unpaired) electrons. The van der Waals surface area contributed by atoms with Crippen LogP contribution in [0, 0.1) is 5.82 Å². The van der Waals surface area contributed by atoms with Crippen LogP contribution in [-0.4, -0.2) is 37.2 Å². The first-order chi connectivity index (χ1) is 9.65. The van der Waals surface area contributed by atoms with E-state index >= 15 is 0 Å². The molecular weight excluding hydrogens is 281 g/mol. The first-order valence-corrected chi connectivity index (χ1v) is 7.28. The molecule has 3 N–H and O–H groups in total. The summed E-state index contributed by atoms with van der Waals surface area (Å²) < 4.78 is 19.8. The molecule has 6 heteroatoms. The van der Waals surface area contributed by atoms with E-state index in [0.717, 1.165) is 26.1 Å². The van der Waals surface area contributed by atoms with Crippen LogP contribution in [0.2, 0.25) is 5.02 Å². The number of nitrogens with one attached hydrogen (secondary N) is 1. The lowest BCUT2D eigenvalue weighted by Gasteiger charge is -2.36. The van der Waals surface area contributed by atoms with E-state index in [0.29, 0.717) is 17.2 Å². The molecule has 2 atom stereocenters. The monoisotopic (exact) mass is 301 g/mol. The maximum absolute atomic E-state index is 14.0. The normalized spacial score (nSPS) is 21.9. The lowest BCUT2D eigenvalue weighted by atomic mass is 10.00. The first kappa shape index (κ1) is 15.7. The molecule has 1 aromatic rings. The Hall–Kier alpha value is -0.720. The molecule has 112 valence electrons. The highest BCUT2D eigenvalue weighted by atomic mass is 35.5. The highest BCUT2D eigenvalue weighted by molar-refractivity contribution is 6.30. The van der Waals surface area contributed by atoms with Gasteiger partial charge in [-0.25, -0.2) is 4.39 Å². The quantitative estimate of drug-likeness (QED) is 0.646. The minimum absolute atomic E-state index is 0.170. The van der Waals surface area contributed by atoms with Gasteiger partial charge in [0.05, 0.1) is 18.8 Å². The molecule has 1 aliphatic heterocycles. The molecule has 1 fully saturated rings. The summed E-state index contributed by atoms with van der Waals surface area (Å²) in [4.78, 5) is 2.31. The van der Waals surface area contributed by atoms with Crippen LogP contribution in [0.4, 0.5) is 4.39 Å². The number of ether oxygens (including phenoxy) is 1. The summed E-state index contributed by atoms with van der Waals surface area (Å²) in [5, 5.41) is 0.374. The standard InChI is InChI=1S/C14H21ClFN3O/c1-2-5-19-6-7-20-13(9-19)14(18-17)11-4-3-10(15)8-12(11)16/h3-4,8,13-14,18H,2,5-7,9,17H2,1H3. The fraction of sp³-hybridized carbons (Fsp3) is 0.571. The highest BCUT2D eigenvalue weighted by Gasteiger charge is 2.30. The van der Waals surface area contributed by atoms with Crippen LogP contribution in [0.1, 0.15) is 24.9 Å². The number of benzene rings is 1. The summed E-state index contributed by atoms with van der Waals surface area (Å²) in [5.41, 5.74) is 3.16. The third kappa shape index (κ3) is 3.68. The minimum atomic E-state index is -0.382. The van der Waals surface area contributed by atoms with E-state index in [1.807, 2.05) is 0 Å². The van der Waals surface area contributed by atoms with Gasteiger partial charge in [0.25, 0.3) is 0 Å². The van der Waals surface area contributed by atoms with Gasteiger partial charge in [0.15, 0.2) is 0 Å². The molecule has 1 saturated heterocycles. The Morgan fingerprint density at radius 3 is 3.05 bits per heavy atom. The maximum Gasteiger partial charge on any atom is 0.129 e. The van der Waals surface area contributed by atoms with Crippen LogP contribution < -0.4 is 11.3 Å². The summed E-state index contributed by atoms with van der Waals surface area (Å²) >= 11 is 5.78. The molecule has 0 spiro atoms. The summed E-state index contributed by atoms with van der Waals surface area (Å²) in [7, 11) is 0. The number of morpholine rings is 1. The van der Waals surface area contributed by atoms with Gasteiger partial charge < -0.3 is 4.74 Å². The van der Waals surface area contributed by atoms with Crippen molar-refractivity contribution in [2.24, 2.45) is 5.84 Å². The van der Waals surface area contributed by atoms with E-state index in [1.165, 1.54) is 6.07 Å². The molecule has 0 bridgehead atoms. The summed E-state index contributed by atoms with van der Waals surface area (Å²) in [5.74, 6) is 5.25. The van der Waals surface area contributed by atoms with Gasteiger partial charge in [-0.1, -0.05) is 24.6 Å². The molecule has 0 amide bonds. The molecule has 0 aliphatic carbocycles. The Labute approximate surface area is 124 Å². The Kier molecular flexibility index (Phi) is 5.74. The van der Waals surface area contributed by atoms with Crippen LogP contribution in [0.25, 0.3) is 0 Å².